The molecule has 0 bridgehead atoms. The highest BCUT2D eigenvalue weighted by Gasteiger charge is 2.13. The summed E-state index contributed by atoms with van der Waals surface area (Å²) in [5.74, 6) is -0.517. The third kappa shape index (κ3) is 3.45. The molecule has 0 aliphatic carbocycles. The molecule has 0 radical (unpaired) electrons. The Hall–Kier alpha value is -2.96. The maximum absolute atomic E-state index is 13.2. The Balaban J connectivity index is 1.70. The number of aryl methyl sites for hydroxylation is 2. The van der Waals surface area contributed by atoms with Gasteiger partial charge in [-0.1, -0.05) is 12.1 Å². The summed E-state index contributed by atoms with van der Waals surface area (Å²) in [5, 5.41) is 11.1. The van der Waals surface area contributed by atoms with Gasteiger partial charge in [-0.3, -0.25) is 14.2 Å². The lowest BCUT2D eigenvalue weighted by atomic mass is 10.2. The minimum absolute atomic E-state index is 0.235. The Morgan fingerprint density at radius 3 is 2.87 bits per heavy atom. The van der Waals surface area contributed by atoms with E-state index in [1.54, 1.807) is 48.0 Å². The van der Waals surface area contributed by atoms with Gasteiger partial charge >= 0.3 is 0 Å². The summed E-state index contributed by atoms with van der Waals surface area (Å²) >= 11 is 0. The van der Waals surface area contributed by atoms with Gasteiger partial charge < -0.3 is 5.32 Å². The third-order valence-electron chi connectivity index (χ3n) is 3.38. The Morgan fingerprint density at radius 1 is 1.35 bits per heavy atom. The molecule has 2 aromatic heterocycles. The molecule has 0 unspecified atom stereocenters. The van der Waals surface area contributed by atoms with Crippen LogP contribution in [-0.4, -0.2) is 25.5 Å². The second-order valence-corrected chi connectivity index (χ2v) is 5.31. The van der Waals surface area contributed by atoms with E-state index in [1.807, 2.05) is 6.07 Å². The molecule has 0 saturated heterocycles. The van der Waals surface area contributed by atoms with Crippen molar-refractivity contribution < 1.29 is 9.18 Å². The predicted octanol–water partition coefficient (Wildman–Crippen LogP) is 2.36. The Kier molecular flexibility index (Phi) is 3.92. The van der Waals surface area contributed by atoms with Crippen LogP contribution in [0.25, 0.3) is 0 Å². The number of carbonyl (C=O) groups is 1. The topological polar surface area (TPSA) is 64.7 Å². The lowest BCUT2D eigenvalue weighted by molar-refractivity contribution is 0.102. The first-order chi connectivity index (χ1) is 11.0. The molecule has 1 N–H and O–H groups in total. The maximum Gasteiger partial charge on any atom is 0.259 e. The highest BCUT2D eigenvalue weighted by molar-refractivity contribution is 6.04. The molecule has 2 heterocycles. The van der Waals surface area contributed by atoms with E-state index < -0.39 is 0 Å². The van der Waals surface area contributed by atoms with Crippen molar-refractivity contribution in [1.82, 2.24) is 19.6 Å². The number of anilines is 1. The SMILES string of the molecule is Cc1nn(C)cc1C(=O)Nc1cnn(Cc2cccc(F)c2)c1. The summed E-state index contributed by atoms with van der Waals surface area (Å²) in [6.07, 6.45) is 4.93. The van der Waals surface area contributed by atoms with Gasteiger partial charge in [-0.05, 0) is 24.6 Å². The van der Waals surface area contributed by atoms with Gasteiger partial charge in [0.05, 0.1) is 29.7 Å². The first-order valence-corrected chi connectivity index (χ1v) is 7.10. The fraction of sp³-hybridized carbons (Fsp3) is 0.188. The summed E-state index contributed by atoms with van der Waals surface area (Å²) in [6.45, 7) is 2.21. The van der Waals surface area contributed by atoms with E-state index in [1.165, 1.54) is 12.1 Å². The molecule has 0 aliphatic heterocycles. The molecular formula is C16H16FN5O. The van der Waals surface area contributed by atoms with Crippen LogP contribution >= 0.6 is 0 Å². The maximum atomic E-state index is 13.2. The van der Waals surface area contributed by atoms with E-state index in [4.69, 9.17) is 0 Å². The van der Waals surface area contributed by atoms with Crippen LogP contribution in [0.3, 0.4) is 0 Å². The first kappa shape index (κ1) is 15.0. The molecule has 118 valence electrons. The second-order valence-electron chi connectivity index (χ2n) is 5.31. The van der Waals surface area contributed by atoms with Crippen molar-refractivity contribution in [3.05, 3.63) is 65.5 Å². The normalized spacial score (nSPS) is 10.7. The number of aromatic nitrogens is 4. The predicted molar refractivity (Wildman–Crippen MR) is 83.6 cm³/mol. The molecule has 23 heavy (non-hydrogen) atoms. The van der Waals surface area contributed by atoms with E-state index in [-0.39, 0.29) is 11.7 Å². The molecule has 3 rings (SSSR count). The summed E-state index contributed by atoms with van der Waals surface area (Å²) in [4.78, 5) is 12.2. The highest BCUT2D eigenvalue weighted by Crippen LogP contribution is 2.12. The number of hydrogen-bond acceptors (Lipinski definition) is 3. The van der Waals surface area contributed by atoms with Crippen LogP contribution in [0, 0.1) is 12.7 Å². The molecule has 3 aromatic rings. The lowest BCUT2D eigenvalue weighted by Crippen LogP contribution is -2.12. The Morgan fingerprint density at radius 2 is 2.17 bits per heavy atom. The van der Waals surface area contributed by atoms with Gasteiger partial charge in [-0.15, -0.1) is 0 Å². The summed E-state index contributed by atoms with van der Waals surface area (Å²) < 4.78 is 16.4. The molecule has 1 amide bonds. The number of hydrogen-bond donors (Lipinski definition) is 1. The average Bonchev–Trinajstić information content (AvgIpc) is 3.05. The van der Waals surface area contributed by atoms with Crippen molar-refractivity contribution in [2.24, 2.45) is 7.05 Å². The Bertz CT molecular complexity index is 852. The second kappa shape index (κ2) is 6.04. The van der Waals surface area contributed by atoms with Crippen LogP contribution in [-0.2, 0) is 13.6 Å². The van der Waals surface area contributed by atoms with E-state index in [0.717, 1.165) is 5.56 Å². The molecule has 0 atom stereocenters. The molecule has 0 saturated carbocycles. The quantitative estimate of drug-likeness (QED) is 0.804. The van der Waals surface area contributed by atoms with Crippen molar-refractivity contribution in [2.45, 2.75) is 13.5 Å². The van der Waals surface area contributed by atoms with Crippen molar-refractivity contribution >= 4 is 11.6 Å². The van der Waals surface area contributed by atoms with Crippen LogP contribution in [0.2, 0.25) is 0 Å². The fourth-order valence-electron chi connectivity index (χ4n) is 2.36. The number of rotatable bonds is 4. The van der Waals surface area contributed by atoms with Crippen LogP contribution in [0.4, 0.5) is 10.1 Å². The molecule has 0 aliphatic rings. The smallest absolute Gasteiger partial charge is 0.259 e. The number of nitrogens with zero attached hydrogens (tertiary/aromatic N) is 4. The molecule has 7 heteroatoms. The number of carbonyl (C=O) groups excluding carboxylic acids is 1. The van der Waals surface area contributed by atoms with Gasteiger partial charge in [0.2, 0.25) is 0 Å². The monoisotopic (exact) mass is 313 g/mol. The van der Waals surface area contributed by atoms with E-state index in [0.29, 0.717) is 23.5 Å². The zero-order valence-electron chi connectivity index (χ0n) is 12.8. The number of nitrogens with one attached hydrogen (secondary N) is 1. The van der Waals surface area contributed by atoms with Gasteiger partial charge in [0.1, 0.15) is 5.82 Å². The number of amides is 1. The summed E-state index contributed by atoms with van der Waals surface area (Å²) in [5.41, 5.74) is 2.56. The van der Waals surface area contributed by atoms with Crippen LogP contribution in [0.15, 0.2) is 42.9 Å². The van der Waals surface area contributed by atoms with Crippen molar-refractivity contribution in [1.29, 1.82) is 0 Å². The van der Waals surface area contributed by atoms with Crippen LogP contribution < -0.4 is 5.32 Å². The summed E-state index contributed by atoms with van der Waals surface area (Å²) in [6, 6.07) is 6.33. The standard InChI is InChI=1S/C16H16FN5O/c1-11-15(10-21(2)20-11)16(23)19-14-7-18-22(9-14)8-12-4-3-5-13(17)6-12/h3-7,9-10H,8H2,1-2H3,(H,19,23). The summed E-state index contributed by atoms with van der Waals surface area (Å²) in [7, 11) is 1.76. The number of benzene rings is 1. The largest absolute Gasteiger partial charge is 0.319 e. The van der Waals surface area contributed by atoms with Gasteiger partial charge in [0, 0.05) is 19.4 Å². The van der Waals surface area contributed by atoms with Gasteiger partial charge in [0.25, 0.3) is 5.91 Å². The van der Waals surface area contributed by atoms with Crippen molar-refractivity contribution in [3.63, 3.8) is 0 Å². The number of halogens is 1. The first-order valence-electron chi connectivity index (χ1n) is 7.10. The van der Waals surface area contributed by atoms with Crippen molar-refractivity contribution in [3.8, 4) is 0 Å². The minimum Gasteiger partial charge on any atom is -0.319 e. The molecule has 0 spiro atoms. The Labute approximate surface area is 132 Å². The van der Waals surface area contributed by atoms with Gasteiger partial charge in [-0.25, -0.2) is 4.39 Å². The van der Waals surface area contributed by atoms with E-state index in [9.17, 15) is 9.18 Å². The average molecular weight is 313 g/mol. The zero-order chi connectivity index (χ0) is 16.4. The van der Waals surface area contributed by atoms with Crippen molar-refractivity contribution in [2.75, 3.05) is 5.32 Å². The van der Waals surface area contributed by atoms with Gasteiger partial charge in [0.15, 0.2) is 0 Å². The van der Waals surface area contributed by atoms with Gasteiger partial charge in [-0.2, -0.15) is 10.2 Å². The molecule has 1 aromatic carbocycles. The van der Waals surface area contributed by atoms with Crippen LogP contribution in [0.1, 0.15) is 21.6 Å². The lowest BCUT2D eigenvalue weighted by Gasteiger charge is -2.02. The molecular weight excluding hydrogens is 297 g/mol. The minimum atomic E-state index is -0.282. The van der Waals surface area contributed by atoms with Crippen LogP contribution in [0.5, 0.6) is 0 Å². The van der Waals surface area contributed by atoms with E-state index in [2.05, 4.69) is 15.5 Å². The molecule has 0 fully saturated rings. The highest BCUT2D eigenvalue weighted by atomic mass is 19.1. The fourth-order valence-corrected chi connectivity index (χ4v) is 2.36. The third-order valence-corrected chi connectivity index (χ3v) is 3.38. The zero-order valence-corrected chi connectivity index (χ0v) is 12.8. The molecule has 6 nitrogen and oxygen atoms in total. The van der Waals surface area contributed by atoms with E-state index >= 15 is 0 Å².